The van der Waals surface area contributed by atoms with Crippen LogP contribution in [0.5, 0.6) is 0 Å². The number of sulfone groups is 1. The summed E-state index contributed by atoms with van der Waals surface area (Å²) in [5, 5.41) is 29.9. The number of anilines is 1. The van der Waals surface area contributed by atoms with Crippen LogP contribution in [0, 0.1) is 27.4 Å². The van der Waals surface area contributed by atoms with Gasteiger partial charge in [0.15, 0.2) is 0 Å². The van der Waals surface area contributed by atoms with Gasteiger partial charge in [-0.1, -0.05) is 37.3 Å². The summed E-state index contributed by atoms with van der Waals surface area (Å²) in [5.41, 5.74) is 0.0254. The third-order valence-corrected chi connectivity index (χ3v) is 7.43. The highest BCUT2D eigenvalue weighted by Crippen LogP contribution is 2.27. The quantitative estimate of drug-likeness (QED) is 0.164. The first kappa shape index (κ1) is 23.8. The first-order valence-electron chi connectivity index (χ1n) is 9.43. The number of nitro benzene ring substituents is 1. The second kappa shape index (κ2) is 9.72. The summed E-state index contributed by atoms with van der Waals surface area (Å²) in [6, 6.07) is 10.6. The van der Waals surface area contributed by atoms with Gasteiger partial charge in [-0.05, 0) is 18.1 Å². The predicted molar refractivity (Wildman–Crippen MR) is 120 cm³/mol. The molecule has 33 heavy (non-hydrogen) atoms. The monoisotopic (exact) mass is 487 g/mol. The SMILES string of the molecule is CC(C)CS(=O)(=O)c1nnc(NC(=O)/C(C#N)=C\c2ccc(-c3cccc([N+](=O)[O-])c3)o2)s1. The molecule has 11 nitrogen and oxygen atoms in total. The van der Waals surface area contributed by atoms with Crippen LogP contribution >= 0.6 is 11.3 Å². The van der Waals surface area contributed by atoms with Crippen LogP contribution < -0.4 is 5.32 Å². The number of rotatable bonds is 8. The second-order valence-corrected chi connectivity index (χ2v) is 10.4. The standard InChI is InChI=1S/C20H17N5O6S2/c1-12(2)11-33(29,30)20-24-23-19(32-20)22-18(26)14(10-21)9-16-6-7-17(31-16)13-4-3-5-15(8-13)25(27)28/h3-9,12H,11H2,1-2H3,(H,22,23,26)/b14-9-. The lowest BCUT2D eigenvalue weighted by Gasteiger charge is -2.02. The number of nitro groups is 1. The molecule has 0 spiro atoms. The molecule has 2 heterocycles. The minimum absolute atomic E-state index is 0.0692. The van der Waals surface area contributed by atoms with Crippen molar-refractivity contribution in [2.75, 3.05) is 11.1 Å². The molecule has 1 N–H and O–H groups in total. The van der Waals surface area contributed by atoms with Gasteiger partial charge in [0.1, 0.15) is 23.2 Å². The van der Waals surface area contributed by atoms with E-state index in [2.05, 4.69) is 15.5 Å². The summed E-state index contributed by atoms with van der Waals surface area (Å²) in [4.78, 5) is 22.9. The number of nitriles is 1. The Morgan fingerprint density at radius 1 is 1.33 bits per heavy atom. The van der Waals surface area contributed by atoms with Crippen LogP contribution in [-0.2, 0) is 14.6 Å². The Balaban J connectivity index is 1.77. The van der Waals surface area contributed by atoms with E-state index in [1.54, 1.807) is 32.0 Å². The van der Waals surface area contributed by atoms with Gasteiger partial charge in [-0.2, -0.15) is 5.26 Å². The number of carbonyl (C=O) groups excluding carboxylic acids is 1. The zero-order chi connectivity index (χ0) is 24.2. The van der Waals surface area contributed by atoms with E-state index in [1.807, 2.05) is 0 Å². The summed E-state index contributed by atoms with van der Waals surface area (Å²) in [6.45, 7) is 3.51. The van der Waals surface area contributed by atoms with Crippen LogP contribution in [0.3, 0.4) is 0 Å². The molecule has 0 fully saturated rings. The van der Waals surface area contributed by atoms with E-state index < -0.39 is 20.7 Å². The van der Waals surface area contributed by atoms with E-state index in [1.165, 1.54) is 30.3 Å². The number of non-ortho nitro benzene ring substituents is 1. The molecule has 0 aliphatic heterocycles. The number of hydrogen-bond donors (Lipinski definition) is 1. The number of benzene rings is 1. The molecule has 0 saturated heterocycles. The van der Waals surface area contributed by atoms with Crippen LogP contribution in [0.1, 0.15) is 19.6 Å². The van der Waals surface area contributed by atoms with Crippen LogP contribution in [0.2, 0.25) is 0 Å². The van der Waals surface area contributed by atoms with Gasteiger partial charge in [0.2, 0.25) is 19.3 Å². The molecule has 3 aromatic rings. The van der Waals surface area contributed by atoms with Crippen LogP contribution in [0.4, 0.5) is 10.8 Å². The minimum Gasteiger partial charge on any atom is -0.457 e. The van der Waals surface area contributed by atoms with Gasteiger partial charge in [-0.25, -0.2) is 8.42 Å². The largest absolute Gasteiger partial charge is 0.457 e. The van der Waals surface area contributed by atoms with Crippen LogP contribution in [0.15, 0.2) is 50.7 Å². The van der Waals surface area contributed by atoms with Gasteiger partial charge in [-0.15, -0.1) is 10.2 Å². The first-order valence-corrected chi connectivity index (χ1v) is 11.9. The molecule has 0 radical (unpaired) electrons. The fourth-order valence-corrected chi connectivity index (χ4v) is 5.32. The molecule has 2 aromatic heterocycles. The maximum Gasteiger partial charge on any atom is 0.270 e. The van der Waals surface area contributed by atoms with Crippen molar-refractivity contribution in [2.24, 2.45) is 5.92 Å². The number of hydrogen-bond acceptors (Lipinski definition) is 10. The maximum absolute atomic E-state index is 12.5. The van der Waals surface area contributed by atoms with E-state index >= 15 is 0 Å². The maximum atomic E-state index is 12.5. The fourth-order valence-electron chi connectivity index (χ4n) is 2.71. The first-order chi connectivity index (χ1) is 15.6. The molecule has 1 amide bonds. The third-order valence-electron chi connectivity index (χ3n) is 4.07. The van der Waals surface area contributed by atoms with Gasteiger partial charge in [0.05, 0.1) is 10.7 Å². The Morgan fingerprint density at radius 2 is 2.09 bits per heavy atom. The Bertz CT molecular complexity index is 1380. The highest BCUT2D eigenvalue weighted by molar-refractivity contribution is 7.93. The molecular formula is C20H17N5O6S2. The highest BCUT2D eigenvalue weighted by Gasteiger charge is 2.23. The molecule has 13 heteroatoms. The van der Waals surface area contributed by atoms with Gasteiger partial charge >= 0.3 is 0 Å². The molecular weight excluding hydrogens is 470 g/mol. The summed E-state index contributed by atoms with van der Waals surface area (Å²) >= 11 is 0.692. The molecule has 0 atom stereocenters. The molecule has 3 rings (SSSR count). The zero-order valence-corrected chi connectivity index (χ0v) is 19.0. The molecule has 0 saturated carbocycles. The average Bonchev–Trinajstić information content (AvgIpc) is 3.41. The lowest BCUT2D eigenvalue weighted by Crippen LogP contribution is -2.13. The summed E-state index contributed by atoms with van der Waals surface area (Å²) < 4.78 is 29.8. The van der Waals surface area contributed by atoms with Crippen molar-refractivity contribution in [3.8, 4) is 17.4 Å². The van der Waals surface area contributed by atoms with Crippen molar-refractivity contribution in [2.45, 2.75) is 18.2 Å². The minimum atomic E-state index is -3.62. The summed E-state index contributed by atoms with van der Waals surface area (Å²) in [6.07, 6.45) is 1.19. The summed E-state index contributed by atoms with van der Waals surface area (Å²) in [7, 11) is -3.62. The van der Waals surface area contributed by atoms with Crippen molar-refractivity contribution in [3.05, 3.63) is 57.8 Å². The highest BCUT2D eigenvalue weighted by atomic mass is 32.2. The van der Waals surface area contributed by atoms with Crippen molar-refractivity contribution in [1.82, 2.24) is 10.2 Å². The summed E-state index contributed by atoms with van der Waals surface area (Å²) in [5.74, 6) is -0.558. The number of aromatic nitrogens is 2. The number of nitrogens with zero attached hydrogens (tertiary/aromatic N) is 4. The fraction of sp³-hybridized carbons (Fsp3) is 0.200. The lowest BCUT2D eigenvalue weighted by molar-refractivity contribution is -0.384. The van der Waals surface area contributed by atoms with E-state index in [4.69, 9.17) is 4.42 Å². The second-order valence-electron chi connectivity index (χ2n) is 7.18. The Hall–Kier alpha value is -3.89. The average molecular weight is 488 g/mol. The van der Waals surface area contributed by atoms with E-state index in [-0.39, 0.29) is 38.2 Å². The van der Waals surface area contributed by atoms with Crippen LogP contribution in [0.25, 0.3) is 17.4 Å². The molecule has 0 aliphatic carbocycles. The number of nitrogens with one attached hydrogen (secondary N) is 1. The zero-order valence-electron chi connectivity index (χ0n) is 17.4. The van der Waals surface area contributed by atoms with Gasteiger partial charge in [0.25, 0.3) is 11.6 Å². The van der Waals surface area contributed by atoms with Crippen molar-refractivity contribution in [1.29, 1.82) is 5.26 Å². The van der Waals surface area contributed by atoms with E-state index in [0.29, 0.717) is 22.7 Å². The van der Waals surface area contributed by atoms with Gasteiger partial charge < -0.3 is 4.42 Å². The number of furan rings is 1. The predicted octanol–water partition coefficient (Wildman–Crippen LogP) is 3.68. The normalized spacial score (nSPS) is 11.9. The Labute approximate surface area is 192 Å². The smallest absolute Gasteiger partial charge is 0.270 e. The van der Waals surface area contributed by atoms with Crippen molar-refractivity contribution in [3.63, 3.8) is 0 Å². The number of amides is 1. The molecule has 0 bridgehead atoms. The lowest BCUT2D eigenvalue weighted by atomic mass is 10.1. The molecule has 170 valence electrons. The van der Waals surface area contributed by atoms with Crippen molar-refractivity contribution < 1.29 is 22.6 Å². The molecule has 1 aromatic carbocycles. The number of carbonyl (C=O) groups is 1. The third kappa shape index (κ3) is 5.88. The van der Waals surface area contributed by atoms with Crippen molar-refractivity contribution >= 4 is 44.0 Å². The topological polar surface area (TPSA) is 169 Å². The van der Waals surface area contributed by atoms with Gasteiger partial charge in [0, 0.05) is 23.8 Å². The molecule has 0 aliphatic rings. The molecule has 0 unspecified atom stereocenters. The van der Waals surface area contributed by atoms with E-state index in [9.17, 15) is 28.6 Å². The van der Waals surface area contributed by atoms with Crippen LogP contribution in [-0.4, -0.2) is 35.2 Å². The van der Waals surface area contributed by atoms with E-state index in [0.717, 1.165) is 0 Å². The Morgan fingerprint density at radius 3 is 2.76 bits per heavy atom. The Kier molecular flexibility index (Phi) is 7.00. The van der Waals surface area contributed by atoms with Gasteiger partial charge in [-0.3, -0.25) is 20.2 Å².